The van der Waals surface area contributed by atoms with Crippen LogP contribution in [0.2, 0.25) is 0 Å². The number of hydrogen-bond acceptors (Lipinski definition) is 7. The van der Waals surface area contributed by atoms with Gasteiger partial charge in [0.1, 0.15) is 11.4 Å². The summed E-state index contributed by atoms with van der Waals surface area (Å²) in [5.74, 6) is -0.610. The zero-order valence-corrected chi connectivity index (χ0v) is 25.0. The predicted octanol–water partition coefficient (Wildman–Crippen LogP) is 5.73. The van der Waals surface area contributed by atoms with Crippen LogP contribution in [0, 0.1) is 0 Å². The van der Waals surface area contributed by atoms with Crippen molar-refractivity contribution in [1.82, 2.24) is 19.2 Å². The summed E-state index contributed by atoms with van der Waals surface area (Å²) in [7, 11) is -5.96. The van der Waals surface area contributed by atoms with Crippen molar-refractivity contribution in [3.05, 3.63) is 66.1 Å². The van der Waals surface area contributed by atoms with Gasteiger partial charge in [0.25, 0.3) is 5.91 Å². The van der Waals surface area contributed by atoms with E-state index >= 15 is 0 Å². The molecule has 3 aliphatic rings. The van der Waals surface area contributed by atoms with E-state index in [-0.39, 0.29) is 42.3 Å². The molecule has 0 atom stereocenters. The molecule has 0 N–H and O–H groups in total. The number of ketones is 1. The normalized spacial score (nSPS) is 18.2. The number of Topliss-reactive ketones (excluding diaryl/α,β-unsaturated/α-hetero) is 1. The molecule has 2 fully saturated rings. The Hall–Kier alpha value is -4.33. The number of rotatable bonds is 6. The summed E-state index contributed by atoms with van der Waals surface area (Å²) in [6, 6.07) is 9.69. The van der Waals surface area contributed by atoms with Gasteiger partial charge in [-0.1, -0.05) is 6.07 Å². The van der Waals surface area contributed by atoms with E-state index in [1.165, 1.54) is 11.0 Å². The molecule has 2 aromatic carbocycles. The highest BCUT2D eigenvalue weighted by Gasteiger charge is 2.49. The lowest BCUT2D eigenvalue weighted by molar-refractivity contribution is -0.0499. The third-order valence-corrected chi connectivity index (χ3v) is 9.78. The van der Waals surface area contributed by atoms with E-state index in [9.17, 15) is 31.2 Å². The standard InChI is InChI=1S/C31H29F3N4O6S/c1-2-37-18-21(17-35-37)19-3-6-27-24(13-19)26(39)16-30(43-27)8-11-36(12-9-30)29(40)20-14-25-23(7-10-38(25)22-4-5-22)28(15-20)44-45(41,42)31(32,33)34/h3,6-7,10,13-15,17-18,22H,2,4-5,8-9,11-12,16H2,1H3. The Balaban J connectivity index is 1.11. The third-order valence-electron chi connectivity index (χ3n) is 8.81. The minimum atomic E-state index is -5.96. The molecule has 1 aliphatic carbocycles. The summed E-state index contributed by atoms with van der Waals surface area (Å²) >= 11 is 0. The molecule has 0 radical (unpaired) electrons. The second kappa shape index (κ2) is 10.4. The van der Waals surface area contributed by atoms with Gasteiger partial charge in [-0.2, -0.15) is 26.7 Å². The van der Waals surface area contributed by atoms with Gasteiger partial charge in [0.15, 0.2) is 11.5 Å². The molecule has 1 spiro atoms. The number of aromatic nitrogens is 3. The smallest absolute Gasteiger partial charge is 0.486 e. The highest BCUT2D eigenvalue weighted by Crippen LogP contribution is 2.43. The monoisotopic (exact) mass is 642 g/mol. The van der Waals surface area contributed by atoms with Gasteiger partial charge >= 0.3 is 15.6 Å². The second-order valence-corrected chi connectivity index (χ2v) is 13.4. The molecule has 1 amide bonds. The van der Waals surface area contributed by atoms with Crippen molar-refractivity contribution in [2.24, 2.45) is 0 Å². The van der Waals surface area contributed by atoms with Crippen LogP contribution >= 0.6 is 0 Å². The van der Waals surface area contributed by atoms with Crippen LogP contribution in [0.1, 0.15) is 65.8 Å². The van der Waals surface area contributed by atoms with Gasteiger partial charge in [-0.15, -0.1) is 0 Å². The van der Waals surface area contributed by atoms with E-state index in [1.807, 2.05) is 29.8 Å². The van der Waals surface area contributed by atoms with E-state index in [2.05, 4.69) is 9.28 Å². The molecule has 45 heavy (non-hydrogen) atoms. The van der Waals surface area contributed by atoms with E-state index in [0.717, 1.165) is 36.6 Å². The molecule has 7 rings (SSSR count). The highest BCUT2D eigenvalue weighted by atomic mass is 32.2. The summed E-state index contributed by atoms with van der Waals surface area (Å²) in [6.45, 7) is 3.18. The fourth-order valence-electron chi connectivity index (χ4n) is 6.20. The molecule has 236 valence electrons. The number of halogens is 3. The number of nitrogens with zero attached hydrogens (tertiary/aromatic N) is 4. The van der Waals surface area contributed by atoms with Gasteiger partial charge < -0.3 is 18.4 Å². The molecular formula is C31H29F3N4O6S. The fraction of sp³-hybridized carbons (Fsp3) is 0.387. The van der Waals surface area contributed by atoms with E-state index in [4.69, 9.17) is 4.74 Å². The Labute approximate surface area is 256 Å². The number of fused-ring (bicyclic) bond motifs is 2. The molecule has 1 saturated heterocycles. The quantitative estimate of drug-likeness (QED) is 0.195. The van der Waals surface area contributed by atoms with Gasteiger partial charge in [-0.3, -0.25) is 14.3 Å². The number of ether oxygens (including phenoxy) is 1. The summed E-state index contributed by atoms with van der Waals surface area (Å²) in [5, 5.41) is 4.46. The van der Waals surface area contributed by atoms with Crippen LogP contribution < -0.4 is 8.92 Å². The molecule has 1 saturated carbocycles. The summed E-state index contributed by atoms with van der Waals surface area (Å²) in [5.41, 5.74) is -3.75. The predicted molar refractivity (Wildman–Crippen MR) is 157 cm³/mol. The van der Waals surface area contributed by atoms with Crippen LogP contribution in [0.25, 0.3) is 22.0 Å². The molecule has 4 aromatic rings. The molecule has 4 heterocycles. The Morgan fingerprint density at radius 2 is 1.87 bits per heavy atom. The van der Waals surface area contributed by atoms with Crippen molar-refractivity contribution in [2.75, 3.05) is 13.1 Å². The molecule has 0 bridgehead atoms. The average Bonchev–Trinajstić information content (AvgIpc) is 3.55. The SMILES string of the molecule is CCn1cc(-c2ccc3c(c2)C(=O)CC2(CCN(C(=O)c4cc(OS(=O)(=O)C(F)(F)F)c5ccn(C6CC6)c5c4)CC2)O3)cn1. The van der Waals surface area contributed by atoms with Gasteiger partial charge in [-0.05, 0) is 55.7 Å². The first-order chi connectivity index (χ1) is 21.4. The van der Waals surface area contributed by atoms with Crippen LogP contribution in [0.15, 0.2) is 55.0 Å². The molecule has 10 nitrogen and oxygen atoms in total. The first-order valence-corrected chi connectivity index (χ1v) is 16.1. The van der Waals surface area contributed by atoms with E-state index in [1.54, 1.807) is 29.2 Å². The van der Waals surface area contributed by atoms with Crippen molar-refractivity contribution in [3.63, 3.8) is 0 Å². The Bertz CT molecular complexity index is 1950. The summed E-state index contributed by atoms with van der Waals surface area (Å²) in [6.07, 6.45) is 7.91. The number of alkyl halides is 3. The van der Waals surface area contributed by atoms with Crippen LogP contribution in [0.4, 0.5) is 13.2 Å². The Kier molecular flexibility index (Phi) is 6.77. The minimum Gasteiger partial charge on any atom is -0.486 e. The lowest BCUT2D eigenvalue weighted by Crippen LogP contribution is -2.52. The first-order valence-electron chi connectivity index (χ1n) is 14.7. The van der Waals surface area contributed by atoms with Crippen molar-refractivity contribution < 1.29 is 40.1 Å². The van der Waals surface area contributed by atoms with Gasteiger partial charge in [0.2, 0.25) is 0 Å². The van der Waals surface area contributed by atoms with Crippen molar-refractivity contribution in [1.29, 1.82) is 0 Å². The summed E-state index contributed by atoms with van der Waals surface area (Å²) < 4.78 is 77.9. The zero-order valence-electron chi connectivity index (χ0n) is 24.2. The van der Waals surface area contributed by atoms with Gasteiger partial charge in [-0.25, -0.2) is 0 Å². The number of carbonyl (C=O) groups is 2. The maximum Gasteiger partial charge on any atom is 0.534 e. The minimum absolute atomic E-state index is 0.0105. The number of likely N-dealkylation sites (tertiary alicyclic amines) is 1. The van der Waals surface area contributed by atoms with Gasteiger partial charge in [0.05, 0.1) is 23.7 Å². The Morgan fingerprint density at radius 3 is 2.53 bits per heavy atom. The zero-order chi connectivity index (χ0) is 31.7. The van der Waals surface area contributed by atoms with Crippen LogP contribution in [0.3, 0.4) is 0 Å². The first kappa shape index (κ1) is 29.4. The van der Waals surface area contributed by atoms with Crippen LogP contribution in [-0.2, 0) is 16.7 Å². The third kappa shape index (κ3) is 5.24. The number of piperidine rings is 1. The largest absolute Gasteiger partial charge is 0.534 e. The maximum absolute atomic E-state index is 13.7. The number of amides is 1. The molecule has 2 aliphatic heterocycles. The Morgan fingerprint density at radius 1 is 1.11 bits per heavy atom. The van der Waals surface area contributed by atoms with Crippen molar-refractivity contribution >= 4 is 32.7 Å². The molecule has 0 unspecified atom stereocenters. The van der Waals surface area contributed by atoms with E-state index in [0.29, 0.717) is 29.7 Å². The van der Waals surface area contributed by atoms with E-state index < -0.39 is 32.9 Å². The summed E-state index contributed by atoms with van der Waals surface area (Å²) in [4.78, 5) is 28.5. The molecule has 2 aromatic heterocycles. The number of aryl methyl sites for hydroxylation is 1. The lowest BCUT2D eigenvalue weighted by Gasteiger charge is -2.44. The fourth-order valence-corrected chi connectivity index (χ4v) is 6.66. The number of carbonyl (C=O) groups excluding carboxylic acids is 2. The molecule has 14 heteroatoms. The number of benzene rings is 2. The topological polar surface area (TPSA) is 113 Å². The average molecular weight is 643 g/mol. The maximum atomic E-state index is 13.7. The van der Waals surface area contributed by atoms with Crippen LogP contribution in [-0.4, -0.2) is 63.6 Å². The highest BCUT2D eigenvalue weighted by molar-refractivity contribution is 7.88. The lowest BCUT2D eigenvalue weighted by atomic mass is 9.82. The van der Waals surface area contributed by atoms with Gasteiger partial charge in [0, 0.05) is 67.4 Å². The van der Waals surface area contributed by atoms with Crippen molar-refractivity contribution in [2.45, 2.75) is 62.7 Å². The van der Waals surface area contributed by atoms with Crippen LogP contribution in [0.5, 0.6) is 11.5 Å². The van der Waals surface area contributed by atoms with Crippen molar-refractivity contribution in [3.8, 4) is 22.6 Å². The number of hydrogen-bond donors (Lipinski definition) is 0. The molecular weight excluding hydrogens is 613 g/mol. The second-order valence-electron chi connectivity index (χ2n) is 11.8.